The number of hydrogen-bond donors (Lipinski definition) is 0. The Morgan fingerprint density at radius 2 is 1.96 bits per heavy atom. The average Bonchev–Trinajstić information content (AvgIpc) is 3.01. The van der Waals surface area contributed by atoms with Crippen molar-refractivity contribution >= 4 is 32.9 Å². The van der Waals surface area contributed by atoms with E-state index in [2.05, 4.69) is 21.0 Å². The summed E-state index contributed by atoms with van der Waals surface area (Å²) in [4.78, 5) is 12.4. The fraction of sp³-hybridized carbons (Fsp3) is 0.294. The highest BCUT2D eigenvalue weighted by atomic mass is 79.9. The number of fused-ring (bicyclic) bond motifs is 1. The number of hydrogen-bond acceptors (Lipinski definition) is 3. The van der Waals surface area contributed by atoms with E-state index in [-0.39, 0.29) is 6.09 Å². The van der Waals surface area contributed by atoms with Gasteiger partial charge in [-0.05, 0) is 54.4 Å². The molecule has 0 radical (unpaired) electrons. The quantitative estimate of drug-likeness (QED) is 0.624. The van der Waals surface area contributed by atoms with Crippen LogP contribution in [0.25, 0.3) is 22.0 Å². The monoisotopic (exact) mass is 375 g/mol. The summed E-state index contributed by atoms with van der Waals surface area (Å²) in [6, 6.07) is 5.94. The molecular weight excluding hydrogens is 358 g/mol. The van der Waals surface area contributed by atoms with Crippen LogP contribution in [0.1, 0.15) is 20.8 Å². The van der Waals surface area contributed by atoms with Gasteiger partial charge in [-0.1, -0.05) is 6.07 Å². The largest absolute Gasteiger partial charge is 0.443 e. The highest BCUT2D eigenvalue weighted by Gasteiger charge is 2.20. The van der Waals surface area contributed by atoms with Crippen LogP contribution in [0.5, 0.6) is 0 Å². The lowest BCUT2D eigenvalue weighted by molar-refractivity contribution is 0.0544. The molecule has 23 heavy (non-hydrogen) atoms. The van der Waals surface area contributed by atoms with Crippen molar-refractivity contribution in [3.63, 3.8) is 0 Å². The summed E-state index contributed by atoms with van der Waals surface area (Å²) in [5, 5.41) is 5.15. The Morgan fingerprint density at radius 1 is 1.22 bits per heavy atom. The molecule has 0 saturated carbocycles. The molecule has 0 unspecified atom stereocenters. The fourth-order valence-electron chi connectivity index (χ4n) is 2.40. The molecular formula is C17H18BrN3O2. The first-order valence-corrected chi connectivity index (χ1v) is 8.07. The number of nitrogens with zero attached hydrogens (tertiary/aromatic N) is 3. The molecule has 0 fully saturated rings. The molecule has 0 N–H and O–H groups in total. The van der Waals surface area contributed by atoms with Crippen molar-refractivity contribution in [2.45, 2.75) is 26.4 Å². The second-order valence-corrected chi connectivity index (χ2v) is 7.32. The highest BCUT2D eigenvalue weighted by Crippen LogP contribution is 2.31. The highest BCUT2D eigenvalue weighted by molar-refractivity contribution is 9.10. The zero-order chi connectivity index (χ0) is 16.8. The van der Waals surface area contributed by atoms with Crippen LogP contribution in [0, 0.1) is 0 Å². The van der Waals surface area contributed by atoms with Crippen LogP contribution in [-0.2, 0) is 11.8 Å². The molecule has 0 atom stereocenters. The Balaban J connectivity index is 2.05. The molecule has 3 rings (SSSR count). The van der Waals surface area contributed by atoms with Gasteiger partial charge in [0.1, 0.15) is 5.60 Å². The van der Waals surface area contributed by atoms with Gasteiger partial charge in [-0.25, -0.2) is 4.79 Å². The molecule has 2 aromatic heterocycles. The Bertz CT molecular complexity index is 887. The molecule has 0 aliphatic heterocycles. The van der Waals surface area contributed by atoms with Crippen molar-refractivity contribution in [1.29, 1.82) is 0 Å². The van der Waals surface area contributed by atoms with Gasteiger partial charge in [0.2, 0.25) is 0 Å². The number of aromatic nitrogens is 3. The van der Waals surface area contributed by atoms with Crippen molar-refractivity contribution in [1.82, 2.24) is 14.3 Å². The summed E-state index contributed by atoms with van der Waals surface area (Å²) < 4.78 is 9.59. The number of aryl methyl sites for hydroxylation is 1. The predicted molar refractivity (Wildman–Crippen MR) is 93.5 cm³/mol. The number of halogens is 1. The minimum absolute atomic E-state index is 0.387. The lowest BCUT2D eigenvalue weighted by Gasteiger charge is -2.19. The van der Waals surface area contributed by atoms with Gasteiger partial charge in [-0.15, -0.1) is 0 Å². The summed E-state index contributed by atoms with van der Waals surface area (Å²) in [7, 11) is 1.89. The fourth-order valence-corrected chi connectivity index (χ4v) is 2.92. The third kappa shape index (κ3) is 3.17. The van der Waals surface area contributed by atoms with Gasteiger partial charge in [0.15, 0.2) is 0 Å². The Hall–Kier alpha value is -2.08. The topological polar surface area (TPSA) is 49.0 Å². The number of carbonyl (C=O) groups is 1. The lowest BCUT2D eigenvalue weighted by atomic mass is 10.1. The molecule has 6 heteroatoms. The number of carbonyl (C=O) groups excluding carboxylic acids is 1. The summed E-state index contributed by atoms with van der Waals surface area (Å²) in [6.45, 7) is 5.56. The smallest absolute Gasteiger partial charge is 0.419 e. The van der Waals surface area contributed by atoms with Gasteiger partial charge in [0, 0.05) is 34.9 Å². The van der Waals surface area contributed by atoms with Crippen LogP contribution >= 0.6 is 15.9 Å². The second kappa shape index (κ2) is 5.53. The maximum Gasteiger partial charge on any atom is 0.419 e. The molecule has 2 heterocycles. The summed E-state index contributed by atoms with van der Waals surface area (Å²) >= 11 is 3.53. The van der Waals surface area contributed by atoms with E-state index in [0.29, 0.717) is 0 Å². The predicted octanol–water partition coefficient (Wildman–Crippen LogP) is 4.59. The molecule has 0 amide bonds. The lowest BCUT2D eigenvalue weighted by Crippen LogP contribution is -2.26. The van der Waals surface area contributed by atoms with Crippen molar-refractivity contribution < 1.29 is 9.53 Å². The van der Waals surface area contributed by atoms with Crippen LogP contribution in [-0.4, -0.2) is 26.0 Å². The van der Waals surface area contributed by atoms with Crippen LogP contribution < -0.4 is 0 Å². The average molecular weight is 376 g/mol. The number of rotatable bonds is 1. The molecule has 3 aromatic rings. The Kier molecular flexibility index (Phi) is 3.80. The standard InChI is InChI=1S/C17H18BrN3O2/c1-17(2,3)23-16(22)21-10-14(18)13-7-11(5-6-15(13)21)12-8-19-20(4)9-12/h5-10H,1-4H3. The van der Waals surface area contributed by atoms with Gasteiger partial charge in [0.25, 0.3) is 0 Å². The van der Waals surface area contributed by atoms with Gasteiger partial charge in [0.05, 0.1) is 11.7 Å². The van der Waals surface area contributed by atoms with E-state index in [1.165, 1.54) is 4.57 Å². The first-order valence-electron chi connectivity index (χ1n) is 7.27. The molecule has 1 aromatic carbocycles. The maximum atomic E-state index is 12.4. The van der Waals surface area contributed by atoms with Crippen molar-refractivity contribution in [3.05, 3.63) is 41.3 Å². The van der Waals surface area contributed by atoms with Gasteiger partial charge >= 0.3 is 6.09 Å². The van der Waals surface area contributed by atoms with E-state index in [4.69, 9.17) is 4.74 Å². The summed E-state index contributed by atoms with van der Waals surface area (Å²) in [5.41, 5.74) is 2.36. The third-order valence-corrected chi connectivity index (χ3v) is 4.02. The Morgan fingerprint density at radius 3 is 2.57 bits per heavy atom. The first-order chi connectivity index (χ1) is 10.7. The van der Waals surface area contributed by atoms with Gasteiger partial charge in [-0.2, -0.15) is 5.10 Å². The third-order valence-electron chi connectivity index (χ3n) is 3.38. The van der Waals surface area contributed by atoms with E-state index < -0.39 is 5.60 Å². The zero-order valence-corrected chi connectivity index (χ0v) is 15.1. The van der Waals surface area contributed by atoms with E-state index in [1.54, 1.807) is 10.9 Å². The van der Waals surface area contributed by atoms with E-state index in [1.807, 2.05) is 58.4 Å². The van der Waals surface area contributed by atoms with Crippen molar-refractivity contribution in [2.24, 2.45) is 7.05 Å². The van der Waals surface area contributed by atoms with E-state index >= 15 is 0 Å². The molecule has 5 nitrogen and oxygen atoms in total. The molecule has 0 bridgehead atoms. The minimum atomic E-state index is -0.532. The van der Waals surface area contributed by atoms with Crippen LogP contribution in [0.2, 0.25) is 0 Å². The van der Waals surface area contributed by atoms with Gasteiger partial charge in [-0.3, -0.25) is 9.25 Å². The van der Waals surface area contributed by atoms with Crippen molar-refractivity contribution in [2.75, 3.05) is 0 Å². The van der Waals surface area contributed by atoms with E-state index in [0.717, 1.165) is 26.5 Å². The SMILES string of the molecule is Cn1cc(-c2ccc3c(c2)c(Br)cn3C(=O)OC(C)(C)C)cn1. The van der Waals surface area contributed by atoms with E-state index in [9.17, 15) is 4.79 Å². The summed E-state index contributed by atoms with van der Waals surface area (Å²) in [6.07, 6.45) is 5.13. The first kappa shape index (κ1) is 15.8. The molecule has 120 valence electrons. The second-order valence-electron chi connectivity index (χ2n) is 6.46. The number of ether oxygens (including phenoxy) is 1. The van der Waals surface area contributed by atoms with Crippen LogP contribution in [0.3, 0.4) is 0 Å². The normalized spacial score (nSPS) is 11.9. The molecule has 0 aliphatic carbocycles. The van der Waals surface area contributed by atoms with Crippen LogP contribution in [0.4, 0.5) is 4.79 Å². The zero-order valence-electron chi connectivity index (χ0n) is 13.5. The molecule has 0 saturated heterocycles. The summed E-state index contributed by atoms with van der Waals surface area (Å²) in [5.74, 6) is 0. The van der Waals surface area contributed by atoms with Crippen LogP contribution in [0.15, 0.2) is 41.3 Å². The Labute approximate surface area is 143 Å². The van der Waals surface area contributed by atoms with Gasteiger partial charge < -0.3 is 4.74 Å². The molecule has 0 aliphatic rings. The molecule has 0 spiro atoms. The number of benzene rings is 1. The maximum absolute atomic E-state index is 12.4. The van der Waals surface area contributed by atoms with Crippen molar-refractivity contribution in [3.8, 4) is 11.1 Å². The minimum Gasteiger partial charge on any atom is -0.443 e.